The lowest BCUT2D eigenvalue weighted by Crippen LogP contribution is -2.49. The van der Waals surface area contributed by atoms with E-state index in [-0.39, 0.29) is 11.7 Å². The minimum Gasteiger partial charge on any atom is -0.354 e. The number of benzene rings is 1. The van der Waals surface area contributed by atoms with Gasteiger partial charge in [0, 0.05) is 43.9 Å². The molecule has 1 aliphatic rings. The van der Waals surface area contributed by atoms with Crippen LogP contribution in [0.5, 0.6) is 0 Å². The van der Waals surface area contributed by atoms with Gasteiger partial charge in [-0.2, -0.15) is 0 Å². The van der Waals surface area contributed by atoms with Gasteiger partial charge in [-0.15, -0.1) is 0 Å². The van der Waals surface area contributed by atoms with Crippen LogP contribution in [0.4, 0.5) is 16.0 Å². The molecule has 3 rings (SSSR count). The number of aromatic nitrogens is 2. The lowest BCUT2D eigenvalue weighted by atomic mass is 10.2. The Morgan fingerprint density at radius 1 is 1.12 bits per heavy atom. The average molecular weight is 343 g/mol. The smallest absolute Gasteiger partial charge is 0.256 e. The molecule has 1 amide bonds. The zero-order chi connectivity index (χ0) is 17.8. The Kier molecular flexibility index (Phi) is 5.23. The van der Waals surface area contributed by atoms with Crippen molar-refractivity contribution in [2.75, 3.05) is 36.4 Å². The predicted molar refractivity (Wildman–Crippen MR) is 95.3 cm³/mol. The molecule has 0 bridgehead atoms. The number of halogens is 1. The highest BCUT2D eigenvalue weighted by molar-refractivity contribution is 6.03. The first-order valence-electron chi connectivity index (χ1n) is 8.41. The van der Waals surface area contributed by atoms with Crippen LogP contribution in [0.2, 0.25) is 0 Å². The molecule has 1 aromatic heterocycles. The number of hydrogen-bond acceptors (Lipinski definition) is 5. The minimum atomic E-state index is -0.374. The van der Waals surface area contributed by atoms with Gasteiger partial charge in [-0.1, -0.05) is 0 Å². The zero-order valence-electron chi connectivity index (χ0n) is 14.4. The Morgan fingerprint density at radius 2 is 1.80 bits per heavy atom. The maximum Gasteiger partial charge on any atom is 0.256 e. The minimum absolute atomic E-state index is 0.325. The third-order valence-corrected chi connectivity index (χ3v) is 4.37. The van der Waals surface area contributed by atoms with Gasteiger partial charge in [-0.05, 0) is 38.1 Å². The van der Waals surface area contributed by atoms with Gasteiger partial charge in [0.2, 0.25) is 0 Å². The lowest BCUT2D eigenvalue weighted by molar-refractivity contribution is 0.102. The molecule has 0 atom stereocenters. The van der Waals surface area contributed by atoms with Crippen molar-refractivity contribution in [2.45, 2.75) is 19.9 Å². The molecule has 6 nitrogen and oxygen atoms in total. The van der Waals surface area contributed by atoms with Gasteiger partial charge in [0.1, 0.15) is 23.8 Å². The first kappa shape index (κ1) is 17.3. The monoisotopic (exact) mass is 343 g/mol. The summed E-state index contributed by atoms with van der Waals surface area (Å²) in [7, 11) is 0. The molecule has 0 radical (unpaired) electrons. The fourth-order valence-corrected chi connectivity index (χ4v) is 2.85. The number of amides is 1. The molecule has 7 heteroatoms. The van der Waals surface area contributed by atoms with Crippen LogP contribution in [-0.4, -0.2) is 53.0 Å². The van der Waals surface area contributed by atoms with E-state index >= 15 is 0 Å². The van der Waals surface area contributed by atoms with Gasteiger partial charge in [0.05, 0.1) is 0 Å². The van der Waals surface area contributed by atoms with Crippen molar-refractivity contribution in [1.82, 2.24) is 14.9 Å². The van der Waals surface area contributed by atoms with Crippen molar-refractivity contribution in [3.8, 4) is 0 Å². The summed E-state index contributed by atoms with van der Waals surface area (Å²) >= 11 is 0. The molecule has 1 aromatic carbocycles. The van der Waals surface area contributed by atoms with Gasteiger partial charge in [0.15, 0.2) is 0 Å². The van der Waals surface area contributed by atoms with E-state index in [4.69, 9.17) is 0 Å². The number of carbonyl (C=O) groups is 1. The SMILES string of the molecule is CC(C)N1CCN(c2cc(NC(=O)c3ccc(F)cc3)ncn2)CC1. The van der Waals surface area contributed by atoms with Gasteiger partial charge in [0.25, 0.3) is 5.91 Å². The second kappa shape index (κ2) is 7.57. The molecular formula is C18H22FN5O. The van der Waals surface area contributed by atoms with Crippen LogP contribution in [-0.2, 0) is 0 Å². The number of piperazine rings is 1. The Labute approximate surface area is 146 Å². The molecule has 1 fully saturated rings. The standard InChI is InChI=1S/C18H22FN5O/c1-13(2)23-7-9-24(10-8-23)17-11-16(20-12-21-17)22-18(25)14-3-5-15(19)6-4-14/h3-6,11-13H,7-10H2,1-2H3,(H,20,21,22,25). The van der Waals surface area contributed by atoms with Crippen LogP contribution in [0.3, 0.4) is 0 Å². The average Bonchev–Trinajstić information content (AvgIpc) is 2.62. The van der Waals surface area contributed by atoms with Crippen LogP contribution < -0.4 is 10.2 Å². The van der Waals surface area contributed by atoms with Crippen LogP contribution in [0, 0.1) is 5.82 Å². The molecule has 25 heavy (non-hydrogen) atoms. The fraction of sp³-hybridized carbons (Fsp3) is 0.389. The van der Waals surface area contributed by atoms with E-state index in [1.54, 1.807) is 6.07 Å². The quantitative estimate of drug-likeness (QED) is 0.924. The number of anilines is 2. The molecule has 1 N–H and O–H groups in total. The molecule has 2 aromatic rings. The molecule has 0 spiro atoms. The van der Waals surface area contributed by atoms with Crippen molar-refractivity contribution in [3.63, 3.8) is 0 Å². The van der Waals surface area contributed by atoms with Gasteiger partial charge >= 0.3 is 0 Å². The zero-order valence-corrected chi connectivity index (χ0v) is 14.4. The molecule has 132 valence electrons. The van der Waals surface area contributed by atoms with Gasteiger partial charge < -0.3 is 10.2 Å². The van der Waals surface area contributed by atoms with Crippen molar-refractivity contribution in [2.24, 2.45) is 0 Å². The van der Waals surface area contributed by atoms with E-state index in [0.29, 0.717) is 17.4 Å². The number of rotatable bonds is 4. The highest BCUT2D eigenvalue weighted by Gasteiger charge is 2.20. The number of carbonyl (C=O) groups excluding carboxylic acids is 1. The first-order chi connectivity index (χ1) is 12.0. The van der Waals surface area contributed by atoms with Crippen molar-refractivity contribution >= 4 is 17.5 Å². The van der Waals surface area contributed by atoms with E-state index in [2.05, 4.69) is 38.9 Å². The molecule has 1 aliphatic heterocycles. The summed E-state index contributed by atoms with van der Waals surface area (Å²) in [6.45, 7) is 8.14. The Hall–Kier alpha value is -2.54. The molecule has 0 saturated carbocycles. The van der Waals surface area contributed by atoms with Gasteiger partial charge in [-0.25, -0.2) is 14.4 Å². The van der Waals surface area contributed by atoms with Crippen molar-refractivity contribution < 1.29 is 9.18 Å². The largest absolute Gasteiger partial charge is 0.354 e. The summed E-state index contributed by atoms with van der Waals surface area (Å²) < 4.78 is 13.0. The summed E-state index contributed by atoms with van der Waals surface area (Å²) in [5, 5.41) is 2.73. The summed E-state index contributed by atoms with van der Waals surface area (Å²) in [5.74, 6) is 0.536. The normalized spacial score (nSPS) is 15.4. The molecule has 1 saturated heterocycles. The lowest BCUT2D eigenvalue weighted by Gasteiger charge is -2.37. The van der Waals surface area contributed by atoms with Crippen LogP contribution in [0.25, 0.3) is 0 Å². The Balaban J connectivity index is 1.65. The maximum atomic E-state index is 13.0. The second-order valence-corrected chi connectivity index (χ2v) is 6.34. The van der Waals surface area contributed by atoms with Crippen LogP contribution in [0.1, 0.15) is 24.2 Å². The van der Waals surface area contributed by atoms with Crippen molar-refractivity contribution in [1.29, 1.82) is 0 Å². The van der Waals surface area contributed by atoms with E-state index < -0.39 is 0 Å². The number of hydrogen-bond donors (Lipinski definition) is 1. The highest BCUT2D eigenvalue weighted by Crippen LogP contribution is 2.17. The van der Waals surface area contributed by atoms with E-state index in [1.807, 2.05) is 0 Å². The Morgan fingerprint density at radius 3 is 2.44 bits per heavy atom. The molecular weight excluding hydrogens is 321 g/mol. The topological polar surface area (TPSA) is 61.4 Å². The molecule has 0 unspecified atom stereocenters. The number of nitrogens with zero attached hydrogens (tertiary/aromatic N) is 4. The van der Waals surface area contributed by atoms with E-state index in [0.717, 1.165) is 32.0 Å². The van der Waals surface area contributed by atoms with E-state index in [9.17, 15) is 9.18 Å². The van der Waals surface area contributed by atoms with Gasteiger partial charge in [-0.3, -0.25) is 9.69 Å². The highest BCUT2D eigenvalue weighted by atomic mass is 19.1. The second-order valence-electron chi connectivity index (χ2n) is 6.34. The summed E-state index contributed by atoms with van der Waals surface area (Å²) in [6, 6.07) is 7.71. The first-order valence-corrected chi connectivity index (χ1v) is 8.41. The van der Waals surface area contributed by atoms with Crippen molar-refractivity contribution in [3.05, 3.63) is 48.0 Å². The summed E-state index contributed by atoms with van der Waals surface area (Å²) in [6.07, 6.45) is 1.45. The maximum absolute atomic E-state index is 13.0. The van der Waals surface area contributed by atoms with E-state index in [1.165, 1.54) is 30.6 Å². The number of nitrogens with one attached hydrogen (secondary N) is 1. The summed E-state index contributed by atoms with van der Waals surface area (Å²) in [5.41, 5.74) is 0.382. The van der Waals surface area contributed by atoms with Crippen LogP contribution >= 0.6 is 0 Å². The fourth-order valence-electron chi connectivity index (χ4n) is 2.85. The summed E-state index contributed by atoms with van der Waals surface area (Å²) in [4.78, 5) is 25.3. The third kappa shape index (κ3) is 4.30. The third-order valence-electron chi connectivity index (χ3n) is 4.37. The molecule has 2 heterocycles. The predicted octanol–water partition coefficient (Wildman–Crippen LogP) is 2.40. The molecule has 0 aliphatic carbocycles. The Bertz CT molecular complexity index is 727. The van der Waals surface area contributed by atoms with Crippen LogP contribution in [0.15, 0.2) is 36.7 Å².